The molecule has 1 aromatic rings. The maximum absolute atomic E-state index is 13.6. The number of carbonyl (C=O) groups is 5. The zero-order chi connectivity index (χ0) is 46.6. The average Bonchev–Trinajstić information content (AvgIpc) is 3.35. The quantitative estimate of drug-likeness (QED) is 0.0580. The van der Waals surface area contributed by atoms with Gasteiger partial charge in [-0.25, -0.2) is 4.79 Å². The first-order valence-electron chi connectivity index (χ1n) is 23.6. The Balaban J connectivity index is 1.10. The maximum Gasteiger partial charge on any atom is 0.331 e. The van der Waals surface area contributed by atoms with Gasteiger partial charge in [0.25, 0.3) is 0 Å². The molecule has 1 heterocycles. The molecule has 4 saturated carbocycles. The lowest BCUT2D eigenvalue weighted by Crippen LogP contribution is -2.62. The number of allylic oxidation sites excluding steroid dienone is 2. The molecule has 1 aromatic carbocycles. The molecule has 7 rings (SSSR count). The van der Waals surface area contributed by atoms with Crippen molar-refractivity contribution >= 4 is 35.9 Å². The summed E-state index contributed by atoms with van der Waals surface area (Å²) < 4.78 is 41.7. The second kappa shape index (κ2) is 18.0. The molecule has 0 N–H and O–H groups in total. The van der Waals surface area contributed by atoms with Crippen molar-refractivity contribution in [3.63, 3.8) is 0 Å². The lowest BCUT2D eigenvalue weighted by atomic mass is 9.42. The van der Waals surface area contributed by atoms with Gasteiger partial charge in [0.05, 0.1) is 12.7 Å². The fraction of sp³-hybridized carbons (Fsp3) is 0.712. The summed E-state index contributed by atoms with van der Waals surface area (Å²) in [6, 6.07) is 6.62. The largest absolute Gasteiger partial charge is 0.462 e. The first-order valence-corrected chi connectivity index (χ1v) is 23.6. The maximum atomic E-state index is 13.6. The van der Waals surface area contributed by atoms with Crippen molar-refractivity contribution in [3.05, 3.63) is 47.6 Å². The molecule has 0 bridgehead atoms. The van der Waals surface area contributed by atoms with E-state index in [4.69, 9.17) is 33.2 Å². The summed E-state index contributed by atoms with van der Waals surface area (Å²) in [7, 11) is 0. The lowest BCUT2D eigenvalue weighted by Gasteiger charge is -2.64. The summed E-state index contributed by atoms with van der Waals surface area (Å²) in [5, 5.41) is 0. The van der Waals surface area contributed by atoms with E-state index in [0.29, 0.717) is 35.0 Å². The van der Waals surface area contributed by atoms with Crippen molar-refractivity contribution in [1.29, 1.82) is 0 Å². The number of esters is 5. The highest BCUT2D eigenvalue weighted by Gasteiger charge is 2.64. The number of fused-ring (bicyclic) bond motifs is 6. The van der Waals surface area contributed by atoms with E-state index in [-0.39, 0.29) is 51.9 Å². The minimum absolute atomic E-state index is 0.0537. The Morgan fingerprint density at radius 3 is 1.94 bits per heavy atom. The van der Waals surface area contributed by atoms with Gasteiger partial charge in [0, 0.05) is 39.2 Å². The third kappa shape index (κ3) is 9.20. The molecule has 0 radical (unpaired) electrons. The molecule has 0 amide bonds. The molecule has 5 aliphatic carbocycles. The van der Waals surface area contributed by atoms with Gasteiger partial charge in [0.15, 0.2) is 24.6 Å². The van der Waals surface area contributed by atoms with Crippen LogP contribution in [0.1, 0.15) is 146 Å². The smallest absolute Gasteiger partial charge is 0.331 e. The van der Waals surface area contributed by atoms with Crippen LogP contribution in [0.5, 0.6) is 5.75 Å². The number of rotatable bonds is 9. The van der Waals surface area contributed by atoms with Crippen LogP contribution >= 0.6 is 0 Å². The molecule has 352 valence electrons. The minimum Gasteiger partial charge on any atom is -0.462 e. The van der Waals surface area contributed by atoms with Crippen LogP contribution in [0.4, 0.5) is 0 Å². The van der Waals surface area contributed by atoms with E-state index in [1.165, 1.54) is 40.2 Å². The minimum atomic E-state index is -1.25. The summed E-state index contributed by atoms with van der Waals surface area (Å²) in [5.41, 5.74) is 2.25. The molecular formula is C52H72O12. The predicted octanol–water partition coefficient (Wildman–Crippen LogP) is 9.51. The molecule has 6 aliphatic rings. The Morgan fingerprint density at radius 2 is 1.28 bits per heavy atom. The van der Waals surface area contributed by atoms with Gasteiger partial charge in [-0.2, -0.15) is 0 Å². The number of hydrogen-bond acceptors (Lipinski definition) is 12. The molecule has 1 aliphatic heterocycles. The van der Waals surface area contributed by atoms with Crippen LogP contribution < -0.4 is 4.74 Å². The summed E-state index contributed by atoms with van der Waals surface area (Å²) >= 11 is 0. The van der Waals surface area contributed by atoms with E-state index in [9.17, 15) is 24.0 Å². The summed E-state index contributed by atoms with van der Waals surface area (Å²) in [5.74, 6) is -0.420. The van der Waals surface area contributed by atoms with E-state index in [0.717, 1.165) is 57.8 Å². The fourth-order valence-corrected chi connectivity index (χ4v) is 14.5. The number of carbonyl (C=O) groups excluding carboxylic acids is 5. The average molecular weight is 889 g/mol. The van der Waals surface area contributed by atoms with Gasteiger partial charge in [-0.3, -0.25) is 19.2 Å². The topological polar surface area (TPSA) is 150 Å². The van der Waals surface area contributed by atoms with Crippen LogP contribution in [0.3, 0.4) is 0 Å². The van der Waals surface area contributed by atoms with E-state index in [1.54, 1.807) is 35.9 Å². The monoisotopic (exact) mass is 889 g/mol. The molecule has 1 saturated heterocycles. The molecular weight excluding hydrogens is 817 g/mol. The molecule has 13 atom stereocenters. The SMILES string of the molecule is CC(=O)Oc1ccc(/C=C/C(=O)O[C@H]2[C@H](O[C@H]3CC[C@@]4(C)[C@@H](CC[C@@]5(C)CC6=CC[C@H]7C(C)(C)[C@@H](OC(C)=O)CC[C@]7(C)[C@H]6CC[C@@H]54)C3(C)C)OC[C@H](OC(C)=O)[C@@H]2OC(C)=O)cc1. The highest BCUT2D eigenvalue weighted by atomic mass is 16.7. The van der Waals surface area contributed by atoms with Crippen molar-refractivity contribution in [2.75, 3.05) is 6.61 Å². The standard InChI is InChI=1S/C52H72O12/c1-30(53)59-36-16-12-34(13-17-36)14-21-44(57)64-46-45(62-33(4)56)38(60-31(2)54)29-58-47(46)63-43-24-27-52(11)40(49(43,7)8)22-25-50(9)28-35-15-19-39-48(5,6)42(61-32(3)55)23-26-51(39,10)37(35)18-20-41(50)52/h12-17,21,37-43,45-47H,18-20,22-29H2,1-11H3/b21-14+/t37-,38-,39-,40-,41-,42-,43-,45-,46+,47-,50-,51+,52-/m0/s1. The Hall–Kier alpha value is -4.03. The number of hydrogen-bond donors (Lipinski definition) is 0. The van der Waals surface area contributed by atoms with Crippen LogP contribution in [-0.4, -0.2) is 73.3 Å². The van der Waals surface area contributed by atoms with Gasteiger partial charge in [0.2, 0.25) is 0 Å². The molecule has 5 fully saturated rings. The normalized spacial score (nSPS) is 38.6. The molecule has 12 nitrogen and oxygen atoms in total. The van der Waals surface area contributed by atoms with Crippen LogP contribution in [0.2, 0.25) is 0 Å². The van der Waals surface area contributed by atoms with Crippen molar-refractivity contribution in [2.24, 2.45) is 50.7 Å². The predicted molar refractivity (Wildman–Crippen MR) is 238 cm³/mol. The Morgan fingerprint density at radius 1 is 0.641 bits per heavy atom. The van der Waals surface area contributed by atoms with Gasteiger partial charge in [-0.05, 0) is 133 Å². The van der Waals surface area contributed by atoms with Crippen molar-refractivity contribution in [2.45, 2.75) is 177 Å². The summed E-state index contributed by atoms with van der Waals surface area (Å²) in [6.07, 6.45) is 10.9. The van der Waals surface area contributed by atoms with Crippen molar-refractivity contribution < 1.29 is 57.1 Å². The lowest BCUT2D eigenvalue weighted by molar-refractivity contribution is -0.310. The number of benzene rings is 1. The van der Waals surface area contributed by atoms with Crippen LogP contribution in [0, 0.1) is 50.7 Å². The Kier molecular flexibility index (Phi) is 13.5. The van der Waals surface area contributed by atoms with Crippen LogP contribution in [-0.2, 0) is 52.4 Å². The number of ether oxygens (including phenoxy) is 7. The van der Waals surface area contributed by atoms with Crippen molar-refractivity contribution in [3.8, 4) is 5.75 Å². The third-order valence-corrected chi connectivity index (χ3v) is 17.2. The van der Waals surface area contributed by atoms with E-state index >= 15 is 0 Å². The Labute approximate surface area is 379 Å². The van der Waals surface area contributed by atoms with Gasteiger partial charge >= 0.3 is 29.8 Å². The van der Waals surface area contributed by atoms with E-state index in [2.05, 4.69) is 54.5 Å². The van der Waals surface area contributed by atoms with Gasteiger partial charge in [-0.1, -0.05) is 72.2 Å². The summed E-state index contributed by atoms with van der Waals surface area (Å²) in [4.78, 5) is 61.8. The molecule has 0 spiro atoms. The zero-order valence-electron chi connectivity index (χ0n) is 40.0. The van der Waals surface area contributed by atoms with Crippen molar-refractivity contribution in [1.82, 2.24) is 0 Å². The first-order chi connectivity index (χ1) is 30.0. The molecule has 0 aromatic heterocycles. The highest BCUT2D eigenvalue weighted by molar-refractivity contribution is 5.87. The van der Waals surface area contributed by atoms with Crippen LogP contribution in [0.25, 0.3) is 6.08 Å². The molecule has 0 unspecified atom stereocenters. The van der Waals surface area contributed by atoms with Gasteiger partial charge in [-0.15, -0.1) is 0 Å². The fourth-order valence-electron chi connectivity index (χ4n) is 14.5. The second-order valence-corrected chi connectivity index (χ2v) is 21.9. The van der Waals surface area contributed by atoms with E-state index in [1.807, 2.05) is 0 Å². The Bertz CT molecular complexity index is 2020. The van der Waals surface area contributed by atoms with Gasteiger partial charge in [0.1, 0.15) is 11.9 Å². The van der Waals surface area contributed by atoms with Crippen LogP contribution in [0.15, 0.2) is 42.0 Å². The first kappa shape index (κ1) is 47.9. The molecule has 64 heavy (non-hydrogen) atoms. The third-order valence-electron chi connectivity index (χ3n) is 17.2. The zero-order valence-corrected chi connectivity index (χ0v) is 40.0. The molecule has 12 heteroatoms. The second-order valence-electron chi connectivity index (χ2n) is 21.9. The van der Waals surface area contributed by atoms with E-state index < -0.39 is 48.5 Å². The summed E-state index contributed by atoms with van der Waals surface area (Å²) in [6.45, 7) is 22.1. The van der Waals surface area contributed by atoms with Gasteiger partial charge < -0.3 is 33.2 Å². The highest BCUT2D eigenvalue weighted by Crippen LogP contribution is 2.70.